The van der Waals surface area contributed by atoms with Crippen molar-refractivity contribution in [2.45, 2.75) is 177 Å². The molecule has 0 amide bonds. The molecule has 8 rings (SSSR count). The summed E-state index contributed by atoms with van der Waals surface area (Å²) in [5.74, 6) is 0.963. The van der Waals surface area contributed by atoms with Crippen molar-refractivity contribution in [1.29, 1.82) is 0 Å². The van der Waals surface area contributed by atoms with Gasteiger partial charge in [-0.1, -0.05) is 39.3 Å². The Morgan fingerprint density at radius 2 is 1.58 bits per heavy atom. The van der Waals surface area contributed by atoms with Gasteiger partial charge in [0.15, 0.2) is 18.4 Å². The summed E-state index contributed by atoms with van der Waals surface area (Å²) in [6.07, 6.45) is -3.80. The van der Waals surface area contributed by atoms with Gasteiger partial charge in [-0.05, 0) is 87.4 Å². The van der Waals surface area contributed by atoms with E-state index in [0.717, 1.165) is 51.4 Å². The van der Waals surface area contributed by atoms with E-state index in [0.29, 0.717) is 36.7 Å². The van der Waals surface area contributed by atoms with Gasteiger partial charge in [-0.25, -0.2) is 0 Å². The molecular formula is C39H62O13. The molecule has 0 radical (unpaired) electrons. The Bertz CT molecular complexity index is 1350. The predicted octanol–water partition coefficient (Wildman–Crippen LogP) is 1.50. The predicted molar refractivity (Wildman–Crippen MR) is 183 cm³/mol. The molecule has 1 spiro atoms. The second-order valence-electron chi connectivity index (χ2n) is 18.4. The SMILES string of the molecule is CC1CCC2(OC1)OC1CC3C4CC=C5CC(OC6OC(CO)C(O)C(OC7OC(C)C(O)C(O)C7O)C6O)CCC5(C)C4CCC3(C)C1(O)C2C. The average molecular weight is 739 g/mol. The van der Waals surface area contributed by atoms with Gasteiger partial charge < -0.3 is 64.2 Å². The Balaban J connectivity index is 0.952. The fourth-order valence-electron chi connectivity index (χ4n) is 12.5. The van der Waals surface area contributed by atoms with Crippen LogP contribution >= 0.6 is 0 Å². The van der Waals surface area contributed by atoms with Gasteiger partial charge in [0.05, 0.1) is 31.5 Å². The molecule has 13 nitrogen and oxygen atoms in total. The van der Waals surface area contributed by atoms with E-state index in [-0.39, 0.29) is 29.0 Å². The lowest BCUT2D eigenvalue weighted by Gasteiger charge is -2.60. The van der Waals surface area contributed by atoms with Crippen LogP contribution in [0.15, 0.2) is 11.6 Å². The van der Waals surface area contributed by atoms with Gasteiger partial charge in [0, 0.05) is 17.8 Å². The van der Waals surface area contributed by atoms with E-state index >= 15 is 0 Å². The number of allylic oxidation sites excluding steroid dienone is 1. The van der Waals surface area contributed by atoms with E-state index in [2.05, 4.69) is 33.8 Å². The first-order chi connectivity index (χ1) is 24.6. The summed E-state index contributed by atoms with van der Waals surface area (Å²) < 4.78 is 36.9. The van der Waals surface area contributed by atoms with Crippen molar-refractivity contribution in [3.63, 3.8) is 0 Å². The molecule has 0 bridgehead atoms. The fraction of sp³-hybridized carbons (Fsp3) is 0.949. The normalized spacial score (nSPS) is 58.9. The van der Waals surface area contributed by atoms with Gasteiger partial charge in [-0.3, -0.25) is 0 Å². The lowest BCUT2D eigenvalue weighted by Crippen LogP contribution is -2.64. The molecule has 3 saturated carbocycles. The number of ether oxygens (including phenoxy) is 6. The van der Waals surface area contributed by atoms with Crippen molar-refractivity contribution in [3.05, 3.63) is 11.6 Å². The van der Waals surface area contributed by atoms with Gasteiger partial charge in [0.25, 0.3) is 0 Å². The van der Waals surface area contributed by atoms with Crippen LogP contribution in [0.5, 0.6) is 0 Å². The van der Waals surface area contributed by atoms with Crippen LogP contribution in [0.25, 0.3) is 0 Å². The molecule has 4 aliphatic carbocycles. The third-order valence-electron chi connectivity index (χ3n) is 15.8. The average Bonchev–Trinajstić information content (AvgIpc) is 3.48. The second-order valence-corrected chi connectivity index (χ2v) is 18.4. The first-order valence-electron chi connectivity index (χ1n) is 19.9. The molecular weight excluding hydrogens is 676 g/mol. The van der Waals surface area contributed by atoms with Crippen LogP contribution in [0.4, 0.5) is 0 Å². The van der Waals surface area contributed by atoms with Crippen LogP contribution in [0.3, 0.4) is 0 Å². The van der Waals surface area contributed by atoms with Crippen molar-refractivity contribution in [2.75, 3.05) is 13.2 Å². The van der Waals surface area contributed by atoms with Crippen LogP contribution in [0.1, 0.15) is 92.4 Å². The summed E-state index contributed by atoms with van der Waals surface area (Å²) in [6, 6.07) is 0. The lowest BCUT2D eigenvalue weighted by atomic mass is 9.46. The van der Waals surface area contributed by atoms with Gasteiger partial charge in [-0.2, -0.15) is 0 Å². The van der Waals surface area contributed by atoms with E-state index < -0.39 is 79.4 Å². The van der Waals surface area contributed by atoms with Crippen LogP contribution in [0.2, 0.25) is 0 Å². The molecule has 0 aromatic carbocycles. The lowest BCUT2D eigenvalue weighted by molar-refractivity contribution is -0.361. The van der Waals surface area contributed by atoms with Crippen LogP contribution in [-0.4, -0.2) is 134 Å². The summed E-state index contributed by atoms with van der Waals surface area (Å²) in [4.78, 5) is 0. The summed E-state index contributed by atoms with van der Waals surface area (Å²) in [5.41, 5.74) is 0.128. The number of aliphatic hydroxyl groups excluding tert-OH is 6. The Kier molecular flexibility index (Phi) is 9.83. The minimum atomic E-state index is -1.63. The third kappa shape index (κ3) is 5.50. The Morgan fingerprint density at radius 1 is 0.827 bits per heavy atom. The molecule has 8 aliphatic rings. The Labute approximate surface area is 306 Å². The molecule has 4 heterocycles. The van der Waals surface area contributed by atoms with E-state index in [4.69, 9.17) is 28.4 Å². The van der Waals surface area contributed by atoms with Crippen LogP contribution in [0, 0.1) is 40.4 Å². The molecule has 0 aromatic heterocycles. The van der Waals surface area contributed by atoms with Crippen molar-refractivity contribution < 1.29 is 64.2 Å². The summed E-state index contributed by atoms with van der Waals surface area (Å²) >= 11 is 0. The van der Waals surface area contributed by atoms with Gasteiger partial charge in [-0.15, -0.1) is 0 Å². The summed E-state index contributed by atoms with van der Waals surface area (Å²) in [6.45, 7) is 10.7. The zero-order valence-corrected chi connectivity index (χ0v) is 31.3. The number of hydrogen-bond donors (Lipinski definition) is 7. The molecule has 4 saturated heterocycles. The maximum Gasteiger partial charge on any atom is 0.187 e. The molecule has 4 aliphatic heterocycles. The van der Waals surface area contributed by atoms with Crippen LogP contribution in [-0.2, 0) is 28.4 Å². The van der Waals surface area contributed by atoms with Crippen molar-refractivity contribution in [3.8, 4) is 0 Å². The second kappa shape index (κ2) is 13.4. The van der Waals surface area contributed by atoms with Crippen molar-refractivity contribution >= 4 is 0 Å². The maximum atomic E-state index is 12.7. The fourth-order valence-corrected chi connectivity index (χ4v) is 12.5. The van der Waals surface area contributed by atoms with E-state index in [1.807, 2.05) is 0 Å². The summed E-state index contributed by atoms with van der Waals surface area (Å²) in [7, 11) is 0. The first-order valence-corrected chi connectivity index (χ1v) is 19.9. The van der Waals surface area contributed by atoms with Crippen molar-refractivity contribution in [1.82, 2.24) is 0 Å². The molecule has 13 heteroatoms. The monoisotopic (exact) mass is 738 g/mol. The largest absolute Gasteiger partial charge is 0.394 e. The summed E-state index contributed by atoms with van der Waals surface area (Å²) in [5, 5.41) is 75.9. The Morgan fingerprint density at radius 3 is 2.29 bits per heavy atom. The quantitative estimate of drug-likeness (QED) is 0.201. The molecule has 52 heavy (non-hydrogen) atoms. The standard InChI is InChI=1S/C39H62O13/c1-18-8-13-38(47-17-18)20(3)39(46)27(52-38)15-25-23-7-6-21-14-22(9-11-36(21,4)24(23)10-12-37(25,39)5)49-35-32(45)33(29(42)26(16-40)50-35)51-34-31(44)30(43)28(41)19(2)48-34/h6,18-20,22-35,40-46H,7-17H2,1-5H3. The first kappa shape index (κ1) is 38.1. The smallest absolute Gasteiger partial charge is 0.187 e. The molecule has 7 N–H and O–H groups in total. The number of fused-ring (bicyclic) bond motifs is 7. The minimum absolute atomic E-state index is 0.0290. The molecule has 21 unspecified atom stereocenters. The van der Waals surface area contributed by atoms with E-state index in [9.17, 15) is 35.7 Å². The van der Waals surface area contributed by atoms with E-state index in [1.54, 1.807) is 0 Å². The molecule has 296 valence electrons. The highest BCUT2D eigenvalue weighted by Gasteiger charge is 2.76. The van der Waals surface area contributed by atoms with Gasteiger partial charge in [0.1, 0.15) is 48.3 Å². The highest BCUT2D eigenvalue weighted by atomic mass is 16.7. The zero-order chi connectivity index (χ0) is 37.1. The topological polar surface area (TPSA) is 197 Å². The zero-order valence-electron chi connectivity index (χ0n) is 31.3. The van der Waals surface area contributed by atoms with Gasteiger partial charge in [0.2, 0.25) is 0 Å². The molecule has 0 aromatic rings. The maximum absolute atomic E-state index is 12.7. The highest BCUT2D eigenvalue weighted by Crippen LogP contribution is 2.72. The highest BCUT2D eigenvalue weighted by molar-refractivity contribution is 5.29. The van der Waals surface area contributed by atoms with E-state index in [1.165, 1.54) is 12.5 Å². The Hall–Kier alpha value is -0.780. The van der Waals surface area contributed by atoms with Crippen molar-refractivity contribution in [2.24, 2.45) is 40.4 Å². The number of aliphatic hydroxyl groups is 7. The van der Waals surface area contributed by atoms with Crippen LogP contribution < -0.4 is 0 Å². The number of hydrogen-bond acceptors (Lipinski definition) is 13. The minimum Gasteiger partial charge on any atom is -0.394 e. The van der Waals surface area contributed by atoms with Gasteiger partial charge >= 0.3 is 0 Å². The number of rotatable bonds is 5. The molecule has 7 fully saturated rings. The third-order valence-corrected chi connectivity index (χ3v) is 15.8. The molecule has 21 atom stereocenters.